The van der Waals surface area contributed by atoms with Gasteiger partial charge in [-0.05, 0) is 24.6 Å². The number of hydrogen-bond donors (Lipinski definition) is 1. The largest absolute Gasteiger partial charge is 0.573 e. The van der Waals surface area contributed by atoms with Gasteiger partial charge < -0.3 is 15.4 Å². The Kier molecular flexibility index (Phi) is 5.15. The fourth-order valence-corrected chi connectivity index (χ4v) is 3.64. The third-order valence-electron chi connectivity index (χ3n) is 3.93. The maximum absolute atomic E-state index is 13.8. The van der Waals surface area contributed by atoms with E-state index in [-0.39, 0.29) is 11.4 Å². The first-order valence-corrected chi connectivity index (χ1v) is 8.74. The Hall–Kier alpha value is -2.89. The number of carbonyl (C=O) groups excluding carboxylic acids is 2. The van der Waals surface area contributed by atoms with Crippen molar-refractivity contribution in [1.82, 2.24) is 9.88 Å². The number of alkyl halides is 3. The fraction of sp³-hybridized carbons (Fsp3) is 0.312. The van der Waals surface area contributed by atoms with Crippen LogP contribution in [0.3, 0.4) is 0 Å². The van der Waals surface area contributed by atoms with Crippen molar-refractivity contribution in [3.8, 4) is 5.75 Å². The molecule has 1 aromatic carbocycles. The number of aryl methyl sites for hydroxylation is 1. The number of nitrogens with two attached hydrogens (primary N) is 1. The molecular weight excluding hydrogens is 404 g/mol. The Labute approximate surface area is 160 Å². The predicted molar refractivity (Wildman–Crippen MR) is 91.6 cm³/mol. The van der Waals surface area contributed by atoms with Gasteiger partial charge in [-0.2, -0.15) is 0 Å². The van der Waals surface area contributed by atoms with E-state index >= 15 is 0 Å². The lowest BCUT2D eigenvalue weighted by atomic mass is 10.2. The minimum atomic E-state index is -5.00. The summed E-state index contributed by atoms with van der Waals surface area (Å²) in [6, 6.07) is 2.58. The number of primary amides is 1. The minimum Gasteiger partial charge on any atom is -0.403 e. The van der Waals surface area contributed by atoms with Crippen molar-refractivity contribution in [2.24, 2.45) is 5.73 Å². The standard InChI is InChI=1S/C16H14F4N4O3S/c1-8-12(13(21)25)28-14(22-8)24-5-4-23(15(24)26)7-9-2-3-11(10(17)6-9)27-16(18,19)20/h2-3,6H,4-5,7H2,1H3,(H2,21,25). The topological polar surface area (TPSA) is 88.8 Å². The smallest absolute Gasteiger partial charge is 0.403 e. The Bertz CT molecular complexity index is 931. The van der Waals surface area contributed by atoms with Gasteiger partial charge in [0.05, 0.1) is 5.69 Å². The van der Waals surface area contributed by atoms with E-state index in [4.69, 9.17) is 5.73 Å². The Morgan fingerprint density at radius 2 is 2.07 bits per heavy atom. The number of rotatable bonds is 5. The van der Waals surface area contributed by atoms with Gasteiger partial charge >= 0.3 is 12.4 Å². The lowest BCUT2D eigenvalue weighted by Crippen LogP contribution is -2.31. The van der Waals surface area contributed by atoms with Crippen LogP contribution in [-0.4, -0.2) is 41.3 Å². The van der Waals surface area contributed by atoms with Crippen molar-refractivity contribution in [2.45, 2.75) is 19.8 Å². The van der Waals surface area contributed by atoms with Crippen LogP contribution >= 0.6 is 11.3 Å². The van der Waals surface area contributed by atoms with Crippen molar-refractivity contribution in [3.05, 3.63) is 40.2 Å². The average Bonchev–Trinajstić information content (AvgIpc) is 3.12. The highest BCUT2D eigenvalue weighted by molar-refractivity contribution is 7.17. The lowest BCUT2D eigenvalue weighted by molar-refractivity contribution is -0.275. The van der Waals surface area contributed by atoms with Gasteiger partial charge in [0.25, 0.3) is 5.91 Å². The molecule has 1 aliphatic rings. The molecule has 0 spiro atoms. The van der Waals surface area contributed by atoms with Crippen LogP contribution in [0.25, 0.3) is 0 Å². The van der Waals surface area contributed by atoms with Crippen molar-refractivity contribution in [2.75, 3.05) is 18.0 Å². The van der Waals surface area contributed by atoms with Crippen LogP contribution < -0.4 is 15.4 Å². The number of benzene rings is 1. The number of urea groups is 1. The van der Waals surface area contributed by atoms with E-state index in [1.165, 1.54) is 15.9 Å². The second-order valence-corrected chi connectivity index (χ2v) is 6.92. The van der Waals surface area contributed by atoms with Crippen LogP contribution in [-0.2, 0) is 6.54 Å². The molecule has 1 aromatic heterocycles. The molecule has 0 bridgehead atoms. The molecule has 0 saturated carbocycles. The molecule has 2 aromatic rings. The van der Waals surface area contributed by atoms with Crippen LogP contribution in [0.5, 0.6) is 5.75 Å². The van der Waals surface area contributed by atoms with Crippen LogP contribution in [0.4, 0.5) is 27.5 Å². The van der Waals surface area contributed by atoms with Crippen LogP contribution in [0.1, 0.15) is 20.9 Å². The monoisotopic (exact) mass is 418 g/mol. The molecule has 1 fully saturated rings. The summed E-state index contributed by atoms with van der Waals surface area (Å²) in [5.74, 6) is -2.76. The minimum absolute atomic E-state index is 0.00835. The first kappa shape index (κ1) is 19.9. The van der Waals surface area contributed by atoms with Gasteiger partial charge in [-0.1, -0.05) is 17.4 Å². The molecule has 0 aliphatic carbocycles. The van der Waals surface area contributed by atoms with E-state index in [1.807, 2.05) is 0 Å². The van der Waals surface area contributed by atoms with Gasteiger partial charge in [0.15, 0.2) is 16.7 Å². The van der Waals surface area contributed by atoms with Crippen LogP contribution in [0.2, 0.25) is 0 Å². The molecule has 28 heavy (non-hydrogen) atoms. The number of ether oxygens (including phenoxy) is 1. The van der Waals surface area contributed by atoms with Crippen molar-refractivity contribution in [3.63, 3.8) is 0 Å². The zero-order chi connectivity index (χ0) is 20.6. The fourth-order valence-electron chi connectivity index (χ4n) is 2.70. The molecule has 1 saturated heterocycles. The zero-order valence-corrected chi connectivity index (χ0v) is 15.2. The maximum atomic E-state index is 13.8. The number of nitrogens with zero attached hydrogens (tertiary/aromatic N) is 3. The molecule has 2 heterocycles. The van der Waals surface area contributed by atoms with Gasteiger partial charge in [0.2, 0.25) is 0 Å². The summed E-state index contributed by atoms with van der Waals surface area (Å²) >= 11 is 0.996. The molecule has 1 aliphatic heterocycles. The second-order valence-electron chi connectivity index (χ2n) is 5.94. The number of aromatic nitrogens is 1. The Morgan fingerprint density at radius 1 is 1.36 bits per heavy atom. The molecule has 0 unspecified atom stereocenters. The van der Waals surface area contributed by atoms with E-state index < -0.39 is 29.9 Å². The summed E-state index contributed by atoms with van der Waals surface area (Å²) in [5.41, 5.74) is 5.98. The van der Waals surface area contributed by atoms with Gasteiger partial charge in [0.1, 0.15) is 4.88 Å². The van der Waals surface area contributed by atoms with Crippen molar-refractivity contribution < 1.29 is 31.9 Å². The Balaban J connectivity index is 1.71. The first-order valence-electron chi connectivity index (χ1n) is 7.93. The molecule has 7 nitrogen and oxygen atoms in total. The van der Waals surface area contributed by atoms with Gasteiger partial charge in [0, 0.05) is 19.6 Å². The highest BCUT2D eigenvalue weighted by Gasteiger charge is 2.34. The van der Waals surface area contributed by atoms with E-state index in [9.17, 15) is 27.2 Å². The number of thiazole rings is 1. The number of anilines is 1. The molecule has 3 rings (SSSR count). The number of carbonyl (C=O) groups is 2. The molecule has 0 radical (unpaired) electrons. The summed E-state index contributed by atoms with van der Waals surface area (Å²) in [7, 11) is 0. The molecule has 150 valence electrons. The highest BCUT2D eigenvalue weighted by atomic mass is 32.1. The third kappa shape index (κ3) is 4.16. The second kappa shape index (κ2) is 7.26. The SMILES string of the molecule is Cc1nc(N2CCN(Cc3ccc(OC(F)(F)F)c(F)c3)C2=O)sc1C(N)=O. The zero-order valence-electron chi connectivity index (χ0n) is 14.4. The molecule has 3 amide bonds. The van der Waals surface area contributed by atoms with Crippen LogP contribution in [0, 0.1) is 12.7 Å². The predicted octanol–water partition coefficient (Wildman–Crippen LogP) is 3.03. The third-order valence-corrected chi connectivity index (χ3v) is 5.13. The lowest BCUT2D eigenvalue weighted by Gasteiger charge is -2.17. The number of hydrogen-bond acceptors (Lipinski definition) is 5. The van der Waals surface area contributed by atoms with E-state index in [1.54, 1.807) is 6.92 Å². The number of amides is 3. The van der Waals surface area contributed by atoms with Crippen molar-refractivity contribution in [1.29, 1.82) is 0 Å². The van der Waals surface area contributed by atoms with Gasteiger partial charge in [-0.15, -0.1) is 13.2 Å². The first-order chi connectivity index (χ1) is 13.0. The highest BCUT2D eigenvalue weighted by Crippen LogP contribution is 2.30. The molecule has 2 N–H and O–H groups in total. The van der Waals surface area contributed by atoms with E-state index in [0.29, 0.717) is 29.5 Å². The molecule has 12 heteroatoms. The summed E-state index contributed by atoms with van der Waals surface area (Å²) in [6.45, 7) is 2.19. The molecular formula is C16H14F4N4O3S. The van der Waals surface area contributed by atoms with E-state index in [0.717, 1.165) is 23.5 Å². The maximum Gasteiger partial charge on any atom is 0.573 e. The summed E-state index contributed by atoms with van der Waals surface area (Å²) in [4.78, 5) is 31.1. The van der Waals surface area contributed by atoms with Crippen molar-refractivity contribution >= 4 is 28.4 Å². The summed E-state index contributed by atoms with van der Waals surface area (Å²) in [5, 5.41) is 0.318. The quantitative estimate of drug-likeness (QED) is 0.756. The number of halogens is 4. The Morgan fingerprint density at radius 3 is 2.64 bits per heavy atom. The normalized spacial score (nSPS) is 14.7. The van der Waals surface area contributed by atoms with Crippen LogP contribution in [0.15, 0.2) is 18.2 Å². The van der Waals surface area contributed by atoms with E-state index in [2.05, 4.69) is 9.72 Å². The summed E-state index contributed by atoms with van der Waals surface area (Å²) < 4.78 is 54.0. The molecule has 0 atom stereocenters. The van der Waals surface area contributed by atoms with Gasteiger partial charge in [-0.25, -0.2) is 14.2 Å². The average molecular weight is 418 g/mol. The summed E-state index contributed by atoms with van der Waals surface area (Å²) in [6.07, 6.45) is -5.00. The van der Waals surface area contributed by atoms with Gasteiger partial charge in [-0.3, -0.25) is 9.69 Å².